The van der Waals surface area contributed by atoms with Crippen molar-refractivity contribution in [2.75, 3.05) is 11.4 Å². The molecule has 0 spiro atoms. The van der Waals surface area contributed by atoms with Crippen LogP contribution in [0.5, 0.6) is 0 Å². The Morgan fingerprint density at radius 2 is 1.73 bits per heavy atom. The normalized spacial score (nSPS) is 15.7. The maximum Gasteiger partial charge on any atom is 0.332 e. The van der Waals surface area contributed by atoms with Gasteiger partial charge in [-0.25, -0.2) is 4.79 Å². The molecule has 0 saturated carbocycles. The molecule has 4 aromatic rings. The van der Waals surface area contributed by atoms with Crippen LogP contribution >= 0.6 is 0 Å². The zero-order valence-electron chi connectivity index (χ0n) is 19.4. The first-order valence-corrected chi connectivity index (χ1v) is 11.5. The maximum absolute atomic E-state index is 13.6. The monoisotopic (exact) mass is 443 g/mol. The molecule has 0 unspecified atom stereocenters. The van der Waals surface area contributed by atoms with Gasteiger partial charge in [-0.05, 0) is 42.9 Å². The summed E-state index contributed by atoms with van der Waals surface area (Å²) in [5.41, 5.74) is 3.83. The van der Waals surface area contributed by atoms with Gasteiger partial charge in [0.25, 0.3) is 5.56 Å². The van der Waals surface area contributed by atoms with Gasteiger partial charge in [-0.3, -0.25) is 13.9 Å². The number of benzene rings is 2. The Hall–Kier alpha value is -3.61. The van der Waals surface area contributed by atoms with E-state index in [-0.39, 0.29) is 11.2 Å². The van der Waals surface area contributed by atoms with Gasteiger partial charge in [0.1, 0.15) is 0 Å². The van der Waals surface area contributed by atoms with E-state index in [0.29, 0.717) is 30.2 Å². The summed E-state index contributed by atoms with van der Waals surface area (Å²) in [6.45, 7) is 6.16. The SMILES string of the molecule is Cc1ccccc1N1C[C@H](C)Cn2c1nc1c2c(=O)n(CCCc2ccccc2)c(=O)n1C. The summed E-state index contributed by atoms with van der Waals surface area (Å²) in [5, 5.41) is 0. The first-order chi connectivity index (χ1) is 16.0. The van der Waals surface area contributed by atoms with Gasteiger partial charge in [-0.15, -0.1) is 0 Å². The molecule has 0 radical (unpaired) electrons. The first kappa shape index (κ1) is 21.2. The van der Waals surface area contributed by atoms with Crippen molar-refractivity contribution in [3.8, 4) is 0 Å². The van der Waals surface area contributed by atoms with E-state index in [1.165, 1.54) is 14.7 Å². The van der Waals surface area contributed by atoms with E-state index in [2.05, 4.69) is 43.0 Å². The van der Waals surface area contributed by atoms with Crippen LogP contribution in [0, 0.1) is 12.8 Å². The molecular weight excluding hydrogens is 414 g/mol. The van der Waals surface area contributed by atoms with E-state index >= 15 is 0 Å². The number of hydrogen-bond acceptors (Lipinski definition) is 4. The van der Waals surface area contributed by atoms with Crippen molar-refractivity contribution in [1.29, 1.82) is 0 Å². The predicted molar refractivity (Wildman–Crippen MR) is 131 cm³/mol. The molecule has 0 aliphatic carbocycles. The minimum atomic E-state index is -0.313. The highest BCUT2D eigenvalue weighted by Gasteiger charge is 2.30. The van der Waals surface area contributed by atoms with Crippen LogP contribution in [0.4, 0.5) is 11.6 Å². The fraction of sp³-hybridized carbons (Fsp3) is 0.346. The van der Waals surface area contributed by atoms with Crippen molar-refractivity contribution < 1.29 is 0 Å². The van der Waals surface area contributed by atoms with E-state index in [4.69, 9.17) is 4.98 Å². The summed E-state index contributed by atoms with van der Waals surface area (Å²) < 4.78 is 4.90. The van der Waals surface area contributed by atoms with E-state index in [9.17, 15) is 9.59 Å². The Morgan fingerprint density at radius 3 is 2.48 bits per heavy atom. The largest absolute Gasteiger partial charge is 0.332 e. The highest BCUT2D eigenvalue weighted by atomic mass is 16.2. The third kappa shape index (κ3) is 3.67. The Balaban J connectivity index is 1.59. The lowest BCUT2D eigenvalue weighted by Gasteiger charge is -2.33. The van der Waals surface area contributed by atoms with Gasteiger partial charge >= 0.3 is 5.69 Å². The lowest BCUT2D eigenvalue weighted by Crippen LogP contribution is -2.40. The number of aryl methyl sites for hydroxylation is 3. The zero-order valence-corrected chi connectivity index (χ0v) is 19.4. The molecule has 170 valence electrons. The Labute approximate surface area is 192 Å². The number of fused-ring (bicyclic) bond motifs is 3. The van der Waals surface area contributed by atoms with Gasteiger partial charge in [0.15, 0.2) is 11.2 Å². The molecule has 1 atom stereocenters. The summed E-state index contributed by atoms with van der Waals surface area (Å²) in [6.07, 6.45) is 1.54. The van der Waals surface area contributed by atoms with Gasteiger partial charge in [-0.1, -0.05) is 55.5 Å². The minimum Gasteiger partial charge on any atom is -0.311 e. The molecular formula is C26H29N5O2. The van der Waals surface area contributed by atoms with Crippen LogP contribution in [0.2, 0.25) is 0 Å². The number of hydrogen-bond donors (Lipinski definition) is 0. The topological polar surface area (TPSA) is 65.1 Å². The van der Waals surface area contributed by atoms with Crippen LogP contribution in [0.25, 0.3) is 11.2 Å². The standard InChI is InChI=1S/C26H29N5O2/c1-18-16-30(21-14-8-7-10-19(21)2)25-27-23-22(31(25)17-18)24(32)29(26(33)28(23)3)15-9-13-20-11-5-4-6-12-20/h4-8,10-12,14,18H,9,13,15-17H2,1-3H3/t18-/m0/s1. The molecule has 2 aromatic carbocycles. The third-order valence-electron chi connectivity index (χ3n) is 6.54. The van der Waals surface area contributed by atoms with Crippen molar-refractivity contribution in [2.24, 2.45) is 13.0 Å². The van der Waals surface area contributed by atoms with Crippen LogP contribution < -0.4 is 16.1 Å². The molecule has 2 aromatic heterocycles. The lowest BCUT2D eigenvalue weighted by atomic mass is 10.1. The number of anilines is 2. The summed E-state index contributed by atoms with van der Waals surface area (Å²) in [4.78, 5) is 33.6. The Morgan fingerprint density at radius 1 is 1.00 bits per heavy atom. The molecule has 7 nitrogen and oxygen atoms in total. The molecule has 7 heteroatoms. The van der Waals surface area contributed by atoms with Gasteiger partial charge < -0.3 is 9.47 Å². The fourth-order valence-corrected chi connectivity index (χ4v) is 4.86. The number of rotatable bonds is 5. The second-order valence-corrected chi connectivity index (χ2v) is 9.08. The smallest absolute Gasteiger partial charge is 0.311 e. The summed E-state index contributed by atoms with van der Waals surface area (Å²) in [5.74, 6) is 1.06. The van der Waals surface area contributed by atoms with Gasteiger partial charge in [0.05, 0.1) is 0 Å². The van der Waals surface area contributed by atoms with Crippen LogP contribution in [0.15, 0.2) is 64.2 Å². The van der Waals surface area contributed by atoms with Crippen LogP contribution in [-0.4, -0.2) is 25.2 Å². The van der Waals surface area contributed by atoms with E-state index < -0.39 is 0 Å². The maximum atomic E-state index is 13.6. The molecule has 3 heterocycles. The van der Waals surface area contributed by atoms with Crippen LogP contribution in [-0.2, 0) is 26.6 Å². The van der Waals surface area contributed by atoms with Crippen molar-refractivity contribution in [1.82, 2.24) is 18.7 Å². The second kappa shape index (κ2) is 8.39. The molecule has 33 heavy (non-hydrogen) atoms. The second-order valence-electron chi connectivity index (χ2n) is 9.08. The summed E-state index contributed by atoms with van der Waals surface area (Å²) >= 11 is 0. The van der Waals surface area contributed by atoms with Gasteiger partial charge in [-0.2, -0.15) is 4.98 Å². The lowest BCUT2D eigenvalue weighted by molar-refractivity contribution is 0.457. The number of para-hydroxylation sites is 1. The minimum absolute atomic E-state index is 0.251. The molecule has 0 saturated heterocycles. The Kier molecular flexibility index (Phi) is 5.40. The van der Waals surface area contributed by atoms with Crippen molar-refractivity contribution in [2.45, 2.75) is 39.8 Å². The molecule has 5 rings (SSSR count). The van der Waals surface area contributed by atoms with Gasteiger partial charge in [0.2, 0.25) is 5.95 Å². The highest BCUT2D eigenvalue weighted by Crippen LogP contribution is 2.34. The summed E-state index contributed by atoms with van der Waals surface area (Å²) in [6, 6.07) is 18.3. The quantitative estimate of drug-likeness (QED) is 0.473. The molecule has 0 bridgehead atoms. The van der Waals surface area contributed by atoms with Crippen molar-refractivity contribution in [3.05, 3.63) is 86.6 Å². The summed E-state index contributed by atoms with van der Waals surface area (Å²) in [7, 11) is 1.71. The van der Waals surface area contributed by atoms with Crippen LogP contribution in [0.1, 0.15) is 24.5 Å². The van der Waals surface area contributed by atoms with E-state index in [1.54, 1.807) is 7.05 Å². The predicted octanol–water partition coefficient (Wildman–Crippen LogP) is 3.63. The van der Waals surface area contributed by atoms with Crippen molar-refractivity contribution in [3.63, 3.8) is 0 Å². The first-order valence-electron chi connectivity index (χ1n) is 11.5. The molecule has 0 fully saturated rings. The molecule has 1 aliphatic heterocycles. The van der Waals surface area contributed by atoms with Crippen LogP contribution in [0.3, 0.4) is 0 Å². The van der Waals surface area contributed by atoms with Crippen molar-refractivity contribution >= 4 is 22.8 Å². The molecule has 1 aliphatic rings. The number of nitrogens with zero attached hydrogens (tertiary/aromatic N) is 5. The third-order valence-corrected chi connectivity index (χ3v) is 6.54. The van der Waals surface area contributed by atoms with E-state index in [1.807, 2.05) is 34.9 Å². The zero-order chi connectivity index (χ0) is 23.1. The highest BCUT2D eigenvalue weighted by molar-refractivity contribution is 5.77. The molecule has 0 N–H and O–H groups in total. The molecule has 0 amide bonds. The average molecular weight is 444 g/mol. The number of aromatic nitrogens is 4. The Bertz CT molecular complexity index is 1430. The fourth-order valence-electron chi connectivity index (χ4n) is 4.86. The number of imidazole rings is 1. The van der Waals surface area contributed by atoms with Gasteiger partial charge in [0, 0.05) is 32.4 Å². The average Bonchev–Trinajstić information content (AvgIpc) is 3.20. The van der Waals surface area contributed by atoms with E-state index in [0.717, 1.165) is 36.6 Å².